The zero-order valence-electron chi connectivity index (χ0n) is 24.0. The van der Waals surface area contributed by atoms with E-state index >= 15 is 0 Å². The molecule has 39 heavy (non-hydrogen) atoms. The van der Waals surface area contributed by atoms with Gasteiger partial charge in [0.25, 0.3) is 0 Å². The molecular formula is C30H42N4O4S. The van der Waals surface area contributed by atoms with Crippen LogP contribution in [0.3, 0.4) is 0 Å². The van der Waals surface area contributed by atoms with Crippen LogP contribution in [-0.4, -0.2) is 53.1 Å². The summed E-state index contributed by atoms with van der Waals surface area (Å²) in [5, 5.41) is 3.53. The minimum atomic E-state index is -4.05. The first-order valence-corrected chi connectivity index (χ1v) is 15.1. The van der Waals surface area contributed by atoms with E-state index in [2.05, 4.69) is 44.3 Å². The van der Waals surface area contributed by atoms with E-state index in [1.807, 2.05) is 25.7 Å². The van der Waals surface area contributed by atoms with Crippen molar-refractivity contribution >= 4 is 21.8 Å². The largest absolute Gasteiger partial charge is 0.370 e. The van der Waals surface area contributed by atoms with Crippen molar-refractivity contribution in [3.63, 3.8) is 0 Å². The number of primary amides is 1. The topological polar surface area (TPSA) is 113 Å². The molecule has 2 amide bonds. The third kappa shape index (κ3) is 6.21. The summed E-state index contributed by atoms with van der Waals surface area (Å²) in [4.78, 5) is 28.2. The molecule has 1 heterocycles. The molecule has 1 aliphatic carbocycles. The molecule has 2 unspecified atom stereocenters. The molecule has 3 N–H and O–H groups in total. The van der Waals surface area contributed by atoms with Gasteiger partial charge in [0.15, 0.2) is 0 Å². The van der Waals surface area contributed by atoms with E-state index in [4.69, 9.17) is 5.73 Å². The SMILES string of the molecule is Cc1ccc(S(=O)(=O)N2CC(C)(C)N(C3CCCc4cc(CNC(C)(C)C)ccc43)C(=O)C2CC(N)=O)cc1. The lowest BCUT2D eigenvalue weighted by atomic mass is 9.82. The molecule has 2 aliphatic rings. The van der Waals surface area contributed by atoms with Crippen molar-refractivity contribution in [3.05, 3.63) is 64.7 Å². The van der Waals surface area contributed by atoms with E-state index in [1.54, 1.807) is 24.3 Å². The van der Waals surface area contributed by atoms with Crippen molar-refractivity contribution in [2.24, 2.45) is 5.73 Å². The molecule has 8 nitrogen and oxygen atoms in total. The summed E-state index contributed by atoms with van der Waals surface area (Å²) >= 11 is 0. The third-order valence-electron chi connectivity index (χ3n) is 7.71. The third-order valence-corrected chi connectivity index (χ3v) is 9.58. The minimum absolute atomic E-state index is 0.00289. The van der Waals surface area contributed by atoms with Crippen molar-refractivity contribution in [2.45, 2.75) is 102 Å². The highest BCUT2D eigenvalue weighted by molar-refractivity contribution is 7.89. The second kappa shape index (κ2) is 10.7. The molecule has 9 heteroatoms. The van der Waals surface area contributed by atoms with Crippen molar-refractivity contribution in [1.82, 2.24) is 14.5 Å². The number of sulfonamides is 1. The second-order valence-corrected chi connectivity index (χ2v) is 14.5. The Balaban J connectivity index is 1.70. The molecular weight excluding hydrogens is 512 g/mol. The smallest absolute Gasteiger partial charge is 0.243 e. The number of nitrogens with one attached hydrogen (secondary N) is 1. The number of fused-ring (bicyclic) bond motifs is 1. The maximum atomic E-state index is 14.2. The quantitative estimate of drug-likeness (QED) is 0.540. The van der Waals surface area contributed by atoms with Crippen molar-refractivity contribution in [1.29, 1.82) is 0 Å². The number of nitrogens with two attached hydrogens (primary N) is 1. The van der Waals surface area contributed by atoms with Crippen LogP contribution in [0.5, 0.6) is 0 Å². The fourth-order valence-electron chi connectivity index (χ4n) is 5.79. The highest BCUT2D eigenvalue weighted by atomic mass is 32.2. The zero-order valence-corrected chi connectivity index (χ0v) is 24.8. The Morgan fingerprint density at radius 3 is 2.41 bits per heavy atom. The molecule has 0 radical (unpaired) electrons. The van der Waals surface area contributed by atoms with Crippen molar-refractivity contribution in [2.75, 3.05) is 6.54 Å². The molecule has 0 spiro atoms. The van der Waals surface area contributed by atoms with Gasteiger partial charge >= 0.3 is 0 Å². The Bertz CT molecular complexity index is 1350. The highest BCUT2D eigenvalue weighted by Gasteiger charge is 2.52. The van der Waals surface area contributed by atoms with Gasteiger partial charge in [0.2, 0.25) is 21.8 Å². The Kier molecular flexibility index (Phi) is 8.00. The minimum Gasteiger partial charge on any atom is -0.370 e. The standard InChI is InChI=1S/C30H42N4O4S/c1-20-10-13-23(14-11-20)39(37,38)33-19-30(5,6)34(28(36)26(33)17-27(31)35)25-9-7-8-22-16-21(12-15-24(22)25)18-32-29(2,3)4/h10-16,25-26,32H,7-9,17-19H2,1-6H3,(H2,31,35). The number of nitrogens with zero attached hydrogens (tertiary/aromatic N) is 2. The molecule has 1 saturated heterocycles. The fraction of sp³-hybridized carbons (Fsp3) is 0.533. The van der Waals surface area contributed by atoms with Crippen LogP contribution in [0.1, 0.15) is 82.2 Å². The summed E-state index contributed by atoms with van der Waals surface area (Å²) in [5.74, 6) is -1.09. The number of aryl methyl sites for hydroxylation is 2. The molecule has 212 valence electrons. The van der Waals surface area contributed by atoms with Gasteiger partial charge in [0, 0.05) is 18.6 Å². The molecule has 1 fully saturated rings. The van der Waals surface area contributed by atoms with Crippen LogP contribution in [0.2, 0.25) is 0 Å². The van der Waals surface area contributed by atoms with Gasteiger partial charge < -0.3 is 16.0 Å². The summed E-state index contributed by atoms with van der Waals surface area (Å²) < 4.78 is 28.7. The van der Waals surface area contributed by atoms with Crippen LogP contribution in [0.25, 0.3) is 0 Å². The van der Waals surface area contributed by atoms with E-state index in [1.165, 1.54) is 15.4 Å². The number of benzene rings is 2. The average Bonchev–Trinajstić information content (AvgIpc) is 2.83. The maximum absolute atomic E-state index is 14.2. The average molecular weight is 555 g/mol. The Morgan fingerprint density at radius 1 is 1.13 bits per heavy atom. The predicted octanol–water partition coefficient (Wildman–Crippen LogP) is 3.82. The van der Waals surface area contributed by atoms with Crippen LogP contribution in [-0.2, 0) is 32.6 Å². The highest BCUT2D eigenvalue weighted by Crippen LogP contribution is 2.42. The normalized spacial score (nSPS) is 22.0. The maximum Gasteiger partial charge on any atom is 0.243 e. The first kappa shape index (κ1) is 29.2. The van der Waals surface area contributed by atoms with Crippen LogP contribution in [0.4, 0.5) is 0 Å². The molecule has 0 saturated carbocycles. The number of hydrogen-bond donors (Lipinski definition) is 2. The lowest BCUT2D eigenvalue weighted by Gasteiger charge is -2.53. The molecule has 0 aromatic heterocycles. The van der Waals surface area contributed by atoms with Crippen LogP contribution < -0.4 is 11.1 Å². The van der Waals surface area contributed by atoms with Gasteiger partial charge in [-0.25, -0.2) is 8.42 Å². The van der Waals surface area contributed by atoms with E-state index < -0.39 is 27.5 Å². The summed E-state index contributed by atoms with van der Waals surface area (Å²) in [6, 6.07) is 11.6. The monoisotopic (exact) mass is 554 g/mol. The zero-order chi connectivity index (χ0) is 28.8. The number of carbonyl (C=O) groups is 2. The van der Waals surface area contributed by atoms with Gasteiger partial charge in [0.1, 0.15) is 6.04 Å². The number of piperazine rings is 1. The molecule has 1 aliphatic heterocycles. The fourth-order valence-corrected chi connectivity index (χ4v) is 7.53. The van der Waals surface area contributed by atoms with Crippen LogP contribution >= 0.6 is 0 Å². The number of amides is 2. The van der Waals surface area contributed by atoms with E-state index in [0.29, 0.717) is 0 Å². The molecule has 2 atom stereocenters. The van der Waals surface area contributed by atoms with E-state index in [0.717, 1.165) is 36.9 Å². The number of hydrogen-bond acceptors (Lipinski definition) is 5. The first-order valence-electron chi connectivity index (χ1n) is 13.7. The molecule has 2 aromatic rings. The second-order valence-electron chi connectivity index (χ2n) is 12.6. The summed E-state index contributed by atoms with van der Waals surface area (Å²) in [6.07, 6.45) is 2.25. The Labute approximate surface area is 233 Å². The lowest BCUT2D eigenvalue weighted by molar-refractivity contribution is -0.154. The van der Waals surface area contributed by atoms with Gasteiger partial charge in [0.05, 0.1) is 22.9 Å². The van der Waals surface area contributed by atoms with Gasteiger partial charge in [-0.05, 0) is 89.6 Å². The van der Waals surface area contributed by atoms with E-state index in [9.17, 15) is 18.0 Å². The van der Waals surface area contributed by atoms with E-state index in [-0.39, 0.29) is 35.3 Å². The predicted molar refractivity (Wildman–Crippen MR) is 152 cm³/mol. The van der Waals surface area contributed by atoms with Gasteiger partial charge in [-0.3, -0.25) is 9.59 Å². The van der Waals surface area contributed by atoms with Crippen molar-refractivity contribution < 1.29 is 18.0 Å². The first-order chi connectivity index (χ1) is 18.1. The van der Waals surface area contributed by atoms with Crippen LogP contribution in [0.15, 0.2) is 47.4 Å². The van der Waals surface area contributed by atoms with Gasteiger partial charge in [-0.15, -0.1) is 0 Å². The molecule has 4 rings (SSSR count). The number of rotatable bonds is 7. The lowest BCUT2D eigenvalue weighted by Crippen LogP contribution is -2.68. The van der Waals surface area contributed by atoms with Gasteiger partial charge in [-0.2, -0.15) is 4.31 Å². The molecule has 2 aromatic carbocycles. The van der Waals surface area contributed by atoms with Gasteiger partial charge in [-0.1, -0.05) is 35.9 Å². The number of carbonyl (C=O) groups excluding carboxylic acids is 2. The summed E-state index contributed by atoms with van der Waals surface area (Å²) in [7, 11) is -4.05. The van der Waals surface area contributed by atoms with Crippen LogP contribution in [0, 0.1) is 6.92 Å². The van der Waals surface area contributed by atoms with Crippen molar-refractivity contribution in [3.8, 4) is 0 Å². The molecule has 0 bridgehead atoms. The Hall–Kier alpha value is -2.75. The summed E-state index contributed by atoms with van der Waals surface area (Å²) in [6.45, 7) is 12.9. The Morgan fingerprint density at radius 2 is 1.79 bits per heavy atom. The summed E-state index contributed by atoms with van der Waals surface area (Å²) in [5.41, 5.74) is 9.17.